The quantitative estimate of drug-likeness (QED) is 0.750. The fourth-order valence-corrected chi connectivity index (χ4v) is 2.17. The van der Waals surface area contributed by atoms with Gasteiger partial charge in [-0.3, -0.25) is 14.6 Å². The van der Waals surface area contributed by atoms with Gasteiger partial charge in [0.1, 0.15) is 0 Å². The predicted octanol–water partition coefficient (Wildman–Crippen LogP) is -0.256. The highest BCUT2D eigenvalue weighted by molar-refractivity contribution is 5.98. The second-order valence-electron chi connectivity index (χ2n) is 4.70. The van der Waals surface area contributed by atoms with Gasteiger partial charge in [-0.15, -0.1) is 0 Å². The van der Waals surface area contributed by atoms with Gasteiger partial charge in [0.05, 0.1) is 24.2 Å². The van der Waals surface area contributed by atoms with E-state index in [4.69, 9.17) is 5.73 Å². The standard InChI is InChI=1S/C15H18N4O2/c16-6-3-4-12-10-17-7-5-13(12)15(21)18-11-14(20)19-8-1-2-9-19/h5,7,10H,1-2,6,8-9,11,16H2,(H,18,21). The summed E-state index contributed by atoms with van der Waals surface area (Å²) in [5.41, 5.74) is 6.24. The molecule has 1 fully saturated rings. The molecule has 1 aromatic rings. The number of aromatic nitrogens is 1. The molecule has 1 aromatic heterocycles. The Balaban J connectivity index is 1.98. The molecule has 2 amide bonds. The van der Waals surface area contributed by atoms with Gasteiger partial charge in [-0.25, -0.2) is 0 Å². The monoisotopic (exact) mass is 286 g/mol. The Labute approximate surface area is 123 Å². The van der Waals surface area contributed by atoms with Crippen LogP contribution in [0.15, 0.2) is 18.5 Å². The van der Waals surface area contributed by atoms with Crippen molar-refractivity contribution in [2.75, 3.05) is 26.2 Å². The molecule has 1 saturated heterocycles. The molecule has 6 nitrogen and oxygen atoms in total. The Bertz CT molecular complexity index is 583. The molecule has 0 aromatic carbocycles. The zero-order valence-corrected chi connectivity index (χ0v) is 11.8. The maximum absolute atomic E-state index is 12.1. The van der Waals surface area contributed by atoms with Crippen molar-refractivity contribution >= 4 is 11.8 Å². The topological polar surface area (TPSA) is 88.3 Å². The van der Waals surface area contributed by atoms with E-state index in [0.29, 0.717) is 11.1 Å². The first kappa shape index (κ1) is 15.0. The Morgan fingerprint density at radius 1 is 1.38 bits per heavy atom. The van der Waals surface area contributed by atoms with E-state index in [0.717, 1.165) is 25.9 Å². The highest BCUT2D eigenvalue weighted by Crippen LogP contribution is 2.08. The molecule has 0 saturated carbocycles. The van der Waals surface area contributed by atoms with Crippen LogP contribution in [0.3, 0.4) is 0 Å². The van der Waals surface area contributed by atoms with Crippen LogP contribution < -0.4 is 11.1 Å². The number of nitrogens with one attached hydrogen (secondary N) is 1. The van der Waals surface area contributed by atoms with Gasteiger partial charge in [0.25, 0.3) is 5.91 Å². The third kappa shape index (κ3) is 4.04. The second kappa shape index (κ2) is 7.41. The van der Waals surface area contributed by atoms with Gasteiger partial charge in [0.2, 0.25) is 5.91 Å². The zero-order chi connectivity index (χ0) is 15.1. The van der Waals surface area contributed by atoms with Gasteiger partial charge in [-0.2, -0.15) is 0 Å². The lowest BCUT2D eigenvalue weighted by Crippen LogP contribution is -2.38. The van der Waals surface area contributed by atoms with Crippen molar-refractivity contribution < 1.29 is 9.59 Å². The van der Waals surface area contributed by atoms with Crippen molar-refractivity contribution in [2.45, 2.75) is 12.8 Å². The van der Waals surface area contributed by atoms with E-state index in [2.05, 4.69) is 22.1 Å². The van der Waals surface area contributed by atoms with Crippen LogP contribution in [0.25, 0.3) is 0 Å². The summed E-state index contributed by atoms with van der Waals surface area (Å²) in [6, 6.07) is 1.58. The molecule has 1 aliphatic rings. The lowest BCUT2D eigenvalue weighted by Gasteiger charge is -2.15. The first-order chi connectivity index (χ1) is 10.2. The van der Waals surface area contributed by atoms with Crippen LogP contribution in [0.1, 0.15) is 28.8 Å². The smallest absolute Gasteiger partial charge is 0.253 e. The number of rotatable bonds is 3. The third-order valence-electron chi connectivity index (χ3n) is 3.25. The van der Waals surface area contributed by atoms with Gasteiger partial charge in [-0.1, -0.05) is 11.8 Å². The number of pyridine rings is 1. The molecule has 0 bridgehead atoms. The van der Waals surface area contributed by atoms with Crippen LogP contribution in [0.5, 0.6) is 0 Å². The SMILES string of the molecule is NCC#Cc1cnccc1C(=O)NCC(=O)N1CCCC1. The summed E-state index contributed by atoms with van der Waals surface area (Å²) in [7, 11) is 0. The fourth-order valence-electron chi connectivity index (χ4n) is 2.17. The summed E-state index contributed by atoms with van der Waals surface area (Å²) in [6.45, 7) is 1.77. The van der Waals surface area contributed by atoms with Crippen molar-refractivity contribution in [3.8, 4) is 11.8 Å². The number of amides is 2. The average Bonchev–Trinajstić information content (AvgIpc) is 3.05. The Morgan fingerprint density at radius 2 is 2.14 bits per heavy atom. The number of carbonyl (C=O) groups excluding carboxylic acids is 2. The van der Waals surface area contributed by atoms with Gasteiger partial charge in [0.15, 0.2) is 0 Å². The number of hydrogen-bond acceptors (Lipinski definition) is 4. The molecule has 0 radical (unpaired) electrons. The Hall–Kier alpha value is -2.39. The summed E-state index contributed by atoms with van der Waals surface area (Å²) < 4.78 is 0. The highest BCUT2D eigenvalue weighted by Gasteiger charge is 2.19. The van der Waals surface area contributed by atoms with Gasteiger partial charge in [-0.05, 0) is 18.9 Å². The normalized spacial score (nSPS) is 13.5. The van der Waals surface area contributed by atoms with Crippen LogP contribution >= 0.6 is 0 Å². The zero-order valence-electron chi connectivity index (χ0n) is 11.8. The molecule has 0 aliphatic carbocycles. The van der Waals surface area contributed by atoms with Crippen molar-refractivity contribution in [3.05, 3.63) is 29.6 Å². The fraction of sp³-hybridized carbons (Fsp3) is 0.400. The number of carbonyl (C=O) groups is 2. The van der Waals surface area contributed by atoms with E-state index in [1.807, 2.05) is 0 Å². The predicted molar refractivity (Wildman–Crippen MR) is 78.3 cm³/mol. The minimum Gasteiger partial charge on any atom is -0.343 e. The largest absolute Gasteiger partial charge is 0.343 e. The first-order valence-electron chi connectivity index (χ1n) is 6.91. The summed E-state index contributed by atoms with van der Waals surface area (Å²) in [5, 5.41) is 2.64. The van der Waals surface area contributed by atoms with E-state index in [1.54, 1.807) is 11.0 Å². The van der Waals surface area contributed by atoms with Crippen LogP contribution in [0.2, 0.25) is 0 Å². The van der Waals surface area contributed by atoms with Crippen LogP contribution in [0, 0.1) is 11.8 Å². The second-order valence-corrected chi connectivity index (χ2v) is 4.70. The molecule has 0 unspecified atom stereocenters. The molecule has 2 rings (SSSR count). The molecule has 6 heteroatoms. The lowest BCUT2D eigenvalue weighted by molar-refractivity contribution is -0.129. The Kier molecular flexibility index (Phi) is 5.29. The summed E-state index contributed by atoms with van der Waals surface area (Å²) in [6.07, 6.45) is 5.09. The first-order valence-corrected chi connectivity index (χ1v) is 6.91. The van der Waals surface area contributed by atoms with Crippen molar-refractivity contribution in [3.63, 3.8) is 0 Å². The van der Waals surface area contributed by atoms with E-state index >= 15 is 0 Å². The van der Waals surface area contributed by atoms with Crippen molar-refractivity contribution in [1.82, 2.24) is 15.2 Å². The molecule has 0 spiro atoms. The molecule has 110 valence electrons. The maximum Gasteiger partial charge on any atom is 0.253 e. The minimum atomic E-state index is -0.328. The van der Waals surface area contributed by atoms with Crippen molar-refractivity contribution in [1.29, 1.82) is 0 Å². The van der Waals surface area contributed by atoms with Gasteiger partial charge in [0, 0.05) is 25.5 Å². The molecule has 3 N–H and O–H groups in total. The van der Waals surface area contributed by atoms with E-state index in [9.17, 15) is 9.59 Å². The van der Waals surface area contributed by atoms with Crippen molar-refractivity contribution in [2.24, 2.45) is 5.73 Å². The van der Waals surface area contributed by atoms with E-state index in [-0.39, 0.29) is 24.9 Å². The number of nitrogens with two attached hydrogens (primary N) is 1. The third-order valence-corrected chi connectivity index (χ3v) is 3.25. The molecular formula is C15H18N4O2. The lowest BCUT2D eigenvalue weighted by atomic mass is 10.1. The summed E-state index contributed by atoms with van der Waals surface area (Å²) in [4.78, 5) is 29.7. The van der Waals surface area contributed by atoms with Crippen LogP contribution in [-0.4, -0.2) is 47.9 Å². The van der Waals surface area contributed by atoms with Gasteiger partial charge >= 0.3 is 0 Å². The van der Waals surface area contributed by atoms with E-state index in [1.165, 1.54) is 12.4 Å². The number of nitrogens with zero attached hydrogens (tertiary/aromatic N) is 2. The van der Waals surface area contributed by atoms with Crippen LogP contribution in [-0.2, 0) is 4.79 Å². The van der Waals surface area contributed by atoms with E-state index < -0.39 is 0 Å². The number of likely N-dealkylation sites (tertiary alicyclic amines) is 1. The van der Waals surface area contributed by atoms with Crippen LogP contribution in [0.4, 0.5) is 0 Å². The molecule has 2 heterocycles. The minimum absolute atomic E-state index is 0.00487. The highest BCUT2D eigenvalue weighted by atomic mass is 16.2. The summed E-state index contributed by atoms with van der Waals surface area (Å²) in [5.74, 6) is 5.12. The Morgan fingerprint density at radius 3 is 2.86 bits per heavy atom. The average molecular weight is 286 g/mol. The molecule has 21 heavy (non-hydrogen) atoms. The number of hydrogen-bond donors (Lipinski definition) is 2. The molecule has 1 aliphatic heterocycles. The maximum atomic E-state index is 12.1. The molecular weight excluding hydrogens is 268 g/mol. The summed E-state index contributed by atoms with van der Waals surface area (Å²) >= 11 is 0. The van der Waals surface area contributed by atoms with Gasteiger partial charge < -0.3 is 16.0 Å². The molecule has 0 atom stereocenters.